The van der Waals surface area contributed by atoms with Crippen molar-refractivity contribution < 1.29 is 22.8 Å². The number of nitrogens with one attached hydrogen (secondary N) is 2. The molecule has 136 valence electrons. The lowest BCUT2D eigenvalue weighted by molar-refractivity contribution is 0.102. The Morgan fingerprint density at radius 1 is 0.778 bits per heavy atom. The molecule has 0 aliphatic heterocycles. The van der Waals surface area contributed by atoms with Gasteiger partial charge in [-0.3, -0.25) is 14.6 Å². The summed E-state index contributed by atoms with van der Waals surface area (Å²) in [4.78, 5) is 28.3. The third-order valence-corrected chi connectivity index (χ3v) is 3.58. The molecule has 0 saturated heterocycles. The normalized spacial score (nSPS) is 10.3. The maximum Gasteiger partial charge on any atom is 0.257 e. The number of pyridine rings is 1. The molecule has 2 aromatic carbocycles. The molecule has 2 N–H and O–H groups in total. The summed E-state index contributed by atoms with van der Waals surface area (Å²) < 4.78 is 39.9. The van der Waals surface area contributed by atoms with Gasteiger partial charge in [0.2, 0.25) is 0 Å². The van der Waals surface area contributed by atoms with E-state index in [4.69, 9.17) is 0 Å². The summed E-state index contributed by atoms with van der Waals surface area (Å²) in [5.41, 5.74) is 0.0661. The van der Waals surface area contributed by atoms with Crippen molar-refractivity contribution >= 4 is 23.2 Å². The maximum atomic E-state index is 13.7. The van der Waals surface area contributed by atoms with Crippen molar-refractivity contribution in [1.29, 1.82) is 0 Å². The molecule has 0 fully saturated rings. The highest BCUT2D eigenvalue weighted by Gasteiger charge is 2.17. The molecule has 5 nitrogen and oxygen atoms in total. The van der Waals surface area contributed by atoms with Crippen LogP contribution in [0.2, 0.25) is 0 Å². The summed E-state index contributed by atoms with van der Waals surface area (Å²) in [6.07, 6.45) is 2.42. The van der Waals surface area contributed by atoms with Gasteiger partial charge in [-0.15, -0.1) is 0 Å². The van der Waals surface area contributed by atoms with Crippen LogP contribution in [0.25, 0.3) is 0 Å². The average Bonchev–Trinajstić information content (AvgIpc) is 2.69. The molecule has 0 atom stereocenters. The fourth-order valence-corrected chi connectivity index (χ4v) is 2.23. The molecule has 3 aromatic rings. The van der Waals surface area contributed by atoms with Gasteiger partial charge in [0, 0.05) is 18.1 Å². The van der Waals surface area contributed by atoms with E-state index in [9.17, 15) is 22.8 Å². The fourth-order valence-electron chi connectivity index (χ4n) is 2.23. The maximum absolute atomic E-state index is 13.7. The number of carbonyl (C=O) groups is 2. The van der Waals surface area contributed by atoms with Gasteiger partial charge in [0.25, 0.3) is 11.8 Å². The first kappa shape index (κ1) is 18.1. The first-order valence-corrected chi connectivity index (χ1v) is 7.72. The number of para-hydroxylation sites is 1. The van der Waals surface area contributed by atoms with E-state index in [2.05, 4.69) is 15.6 Å². The molecule has 3 rings (SSSR count). The monoisotopic (exact) mass is 371 g/mol. The molecule has 0 aliphatic carbocycles. The van der Waals surface area contributed by atoms with Gasteiger partial charge in [-0.05, 0) is 30.3 Å². The average molecular weight is 371 g/mol. The van der Waals surface area contributed by atoms with Crippen molar-refractivity contribution in [2.75, 3.05) is 10.6 Å². The Kier molecular flexibility index (Phi) is 5.16. The van der Waals surface area contributed by atoms with E-state index in [-0.39, 0.29) is 11.1 Å². The van der Waals surface area contributed by atoms with E-state index in [0.29, 0.717) is 11.8 Å². The lowest BCUT2D eigenvalue weighted by atomic mass is 10.1. The first-order chi connectivity index (χ1) is 13.0. The topological polar surface area (TPSA) is 71.1 Å². The Bertz CT molecular complexity index is 1010. The van der Waals surface area contributed by atoms with E-state index >= 15 is 0 Å². The largest absolute Gasteiger partial charge is 0.322 e. The van der Waals surface area contributed by atoms with Gasteiger partial charge >= 0.3 is 0 Å². The number of hydrogen-bond donors (Lipinski definition) is 2. The van der Waals surface area contributed by atoms with Crippen LogP contribution in [0.15, 0.2) is 60.9 Å². The number of aromatic nitrogens is 1. The van der Waals surface area contributed by atoms with Crippen LogP contribution in [0, 0.1) is 17.5 Å². The van der Waals surface area contributed by atoms with Gasteiger partial charge in [-0.2, -0.15) is 0 Å². The zero-order valence-corrected chi connectivity index (χ0v) is 13.7. The summed E-state index contributed by atoms with van der Waals surface area (Å²) in [5, 5.41) is 4.75. The van der Waals surface area contributed by atoms with Crippen molar-refractivity contribution in [3.8, 4) is 0 Å². The third-order valence-electron chi connectivity index (χ3n) is 3.58. The first-order valence-electron chi connectivity index (χ1n) is 7.72. The molecule has 27 heavy (non-hydrogen) atoms. The second kappa shape index (κ2) is 7.69. The summed E-state index contributed by atoms with van der Waals surface area (Å²) >= 11 is 0. The Labute approximate surface area is 151 Å². The summed E-state index contributed by atoms with van der Waals surface area (Å²) in [7, 11) is 0. The molecule has 8 heteroatoms. The number of halogens is 3. The minimum absolute atomic E-state index is 0.0557. The lowest BCUT2D eigenvalue weighted by Gasteiger charge is -2.09. The highest BCUT2D eigenvalue weighted by Crippen LogP contribution is 2.20. The Hall–Kier alpha value is -3.68. The zero-order chi connectivity index (χ0) is 19.4. The third kappa shape index (κ3) is 4.12. The van der Waals surface area contributed by atoms with Crippen molar-refractivity contribution in [2.45, 2.75) is 0 Å². The molecular formula is C19H12F3N3O2. The van der Waals surface area contributed by atoms with Crippen molar-refractivity contribution in [3.05, 3.63) is 89.5 Å². The van der Waals surface area contributed by atoms with Gasteiger partial charge in [-0.1, -0.05) is 18.2 Å². The van der Waals surface area contributed by atoms with E-state index in [1.54, 1.807) is 30.3 Å². The quantitative estimate of drug-likeness (QED) is 0.681. The van der Waals surface area contributed by atoms with E-state index in [0.717, 1.165) is 12.3 Å². The number of amides is 2. The standard InChI is InChI=1S/C19H12F3N3O2/c20-14-6-7-15(17(22)16(14)21)25-19(27)12-8-11(9-23-10-12)18(26)24-13-4-2-1-3-5-13/h1-10H,(H,24,26)(H,25,27). The zero-order valence-electron chi connectivity index (χ0n) is 13.7. The summed E-state index contributed by atoms with van der Waals surface area (Å²) in [6, 6.07) is 11.5. The molecule has 0 bridgehead atoms. The minimum Gasteiger partial charge on any atom is -0.322 e. The smallest absolute Gasteiger partial charge is 0.257 e. The van der Waals surface area contributed by atoms with Crippen molar-refractivity contribution in [2.24, 2.45) is 0 Å². The highest BCUT2D eigenvalue weighted by molar-refractivity contribution is 6.08. The van der Waals surface area contributed by atoms with Gasteiger partial charge in [0.05, 0.1) is 16.8 Å². The lowest BCUT2D eigenvalue weighted by Crippen LogP contribution is -2.17. The number of rotatable bonds is 4. The van der Waals surface area contributed by atoms with Crippen LogP contribution in [0.1, 0.15) is 20.7 Å². The summed E-state index contributed by atoms with van der Waals surface area (Å²) in [5.74, 6) is -5.91. The van der Waals surface area contributed by atoms with Crippen LogP contribution in [0.4, 0.5) is 24.5 Å². The van der Waals surface area contributed by atoms with E-state index in [1.807, 2.05) is 0 Å². The van der Waals surface area contributed by atoms with E-state index in [1.165, 1.54) is 12.3 Å². The number of benzene rings is 2. The van der Waals surface area contributed by atoms with Crippen LogP contribution in [0.3, 0.4) is 0 Å². The number of carbonyl (C=O) groups excluding carboxylic acids is 2. The predicted octanol–water partition coefficient (Wildman–Crippen LogP) is 4.00. The van der Waals surface area contributed by atoms with Crippen LogP contribution in [0.5, 0.6) is 0 Å². The van der Waals surface area contributed by atoms with Gasteiger partial charge in [0.15, 0.2) is 17.5 Å². The van der Waals surface area contributed by atoms with Gasteiger partial charge in [-0.25, -0.2) is 13.2 Å². The Balaban J connectivity index is 1.78. The summed E-state index contributed by atoms with van der Waals surface area (Å²) in [6.45, 7) is 0. The molecule has 1 aromatic heterocycles. The van der Waals surface area contributed by atoms with Crippen molar-refractivity contribution in [3.63, 3.8) is 0 Å². The van der Waals surface area contributed by atoms with Crippen LogP contribution in [-0.4, -0.2) is 16.8 Å². The predicted molar refractivity (Wildman–Crippen MR) is 92.9 cm³/mol. The van der Waals surface area contributed by atoms with E-state index < -0.39 is 35.0 Å². The molecular weight excluding hydrogens is 359 g/mol. The molecule has 0 spiro atoms. The molecule has 0 aliphatic rings. The fraction of sp³-hybridized carbons (Fsp3) is 0. The Morgan fingerprint density at radius 2 is 1.41 bits per heavy atom. The molecule has 0 radical (unpaired) electrons. The molecule has 1 heterocycles. The second-order valence-corrected chi connectivity index (χ2v) is 5.46. The number of anilines is 2. The second-order valence-electron chi connectivity index (χ2n) is 5.46. The van der Waals surface area contributed by atoms with Crippen LogP contribution >= 0.6 is 0 Å². The van der Waals surface area contributed by atoms with Crippen molar-refractivity contribution in [1.82, 2.24) is 4.98 Å². The van der Waals surface area contributed by atoms with Gasteiger partial charge < -0.3 is 10.6 Å². The molecule has 2 amide bonds. The van der Waals surface area contributed by atoms with Crippen LogP contribution in [-0.2, 0) is 0 Å². The number of nitrogens with zero attached hydrogens (tertiary/aromatic N) is 1. The van der Waals surface area contributed by atoms with Crippen LogP contribution < -0.4 is 10.6 Å². The SMILES string of the molecule is O=C(Nc1ccccc1)c1cncc(C(=O)Nc2ccc(F)c(F)c2F)c1. The molecule has 0 unspecified atom stereocenters. The number of hydrogen-bond acceptors (Lipinski definition) is 3. The highest BCUT2D eigenvalue weighted by atomic mass is 19.2. The minimum atomic E-state index is -1.69. The van der Waals surface area contributed by atoms with Gasteiger partial charge in [0.1, 0.15) is 0 Å². The Morgan fingerprint density at radius 3 is 2.07 bits per heavy atom. The molecule has 0 saturated carbocycles.